The highest BCUT2D eigenvalue weighted by molar-refractivity contribution is 5.81. The van der Waals surface area contributed by atoms with Gasteiger partial charge in [-0.05, 0) is 19.9 Å². The maximum absolute atomic E-state index is 11.7. The van der Waals surface area contributed by atoms with Gasteiger partial charge in [-0.1, -0.05) is 0 Å². The van der Waals surface area contributed by atoms with Crippen LogP contribution in [0.15, 0.2) is 6.07 Å². The largest absolute Gasteiger partial charge is 0.364 e. The molecule has 0 aliphatic rings. The summed E-state index contributed by atoms with van der Waals surface area (Å²) in [6.07, 6.45) is 0. The number of nitrogens with zero attached hydrogens (tertiary/aromatic N) is 4. The molecule has 96 valence electrons. The summed E-state index contributed by atoms with van der Waals surface area (Å²) < 4.78 is 0. The summed E-state index contributed by atoms with van der Waals surface area (Å²) in [6, 6.07) is 3.97. The zero-order valence-corrected chi connectivity index (χ0v) is 11.5. The first kappa shape index (κ1) is 14.0. The molecule has 0 saturated heterocycles. The van der Waals surface area contributed by atoms with Gasteiger partial charge in [0.25, 0.3) is 0 Å². The quantitative estimate of drug-likeness (QED) is 0.801. The van der Waals surface area contributed by atoms with Crippen LogP contribution in [0.3, 0.4) is 0 Å². The highest BCUT2D eigenvalue weighted by Crippen LogP contribution is 2.22. The second kappa shape index (κ2) is 5.50. The Hall–Kier alpha value is -2.09. The number of nitriles is 1. The van der Waals surface area contributed by atoms with Gasteiger partial charge < -0.3 is 9.80 Å². The molecule has 1 heterocycles. The molecule has 0 aliphatic heterocycles. The zero-order chi connectivity index (χ0) is 13.9. The minimum Gasteiger partial charge on any atom is -0.364 e. The summed E-state index contributed by atoms with van der Waals surface area (Å²) in [5, 5.41) is 9.17. The molecule has 0 radical (unpaired) electrons. The third kappa shape index (κ3) is 2.98. The first-order valence-corrected chi connectivity index (χ1v) is 5.66. The smallest absolute Gasteiger partial charge is 0.241 e. The Morgan fingerprint density at radius 1 is 1.39 bits per heavy atom. The highest BCUT2D eigenvalue weighted by atomic mass is 16.2. The number of aromatic nitrogens is 1. The van der Waals surface area contributed by atoms with Crippen molar-refractivity contribution in [3.05, 3.63) is 23.0 Å². The molecule has 0 atom stereocenters. The molecule has 0 spiro atoms. The molecule has 5 nitrogen and oxygen atoms in total. The van der Waals surface area contributed by atoms with Gasteiger partial charge in [0.05, 0.1) is 23.5 Å². The lowest BCUT2D eigenvalue weighted by Crippen LogP contribution is -2.34. The molecule has 1 rings (SSSR count). The third-order valence-corrected chi connectivity index (χ3v) is 2.70. The topological polar surface area (TPSA) is 60.2 Å². The summed E-state index contributed by atoms with van der Waals surface area (Å²) in [5.41, 5.74) is 2.80. The van der Waals surface area contributed by atoms with Crippen molar-refractivity contribution in [3.8, 4) is 6.07 Å². The maximum Gasteiger partial charge on any atom is 0.241 e. The summed E-state index contributed by atoms with van der Waals surface area (Å²) in [7, 11) is 5.23. The van der Waals surface area contributed by atoms with Crippen LogP contribution < -0.4 is 4.90 Å². The van der Waals surface area contributed by atoms with Crippen LogP contribution in [0.25, 0.3) is 0 Å². The van der Waals surface area contributed by atoms with Crippen molar-refractivity contribution >= 4 is 11.6 Å². The van der Waals surface area contributed by atoms with Gasteiger partial charge >= 0.3 is 0 Å². The third-order valence-electron chi connectivity index (χ3n) is 2.70. The summed E-state index contributed by atoms with van der Waals surface area (Å²) in [5.74, 6) is -0.00601. The molecule has 1 aromatic rings. The van der Waals surface area contributed by atoms with Crippen molar-refractivity contribution in [1.29, 1.82) is 5.26 Å². The lowest BCUT2D eigenvalue weighted by Gasteiger charge is -2.22. The number of amides is 1. The van der Waals surface area contributed by atoms with E-state index < -0.39 is 0 Å². The molecule has 1 amide bonds. The van der Waals surface area contributed by atoms with E-state index in [0.29, 0.717) is 11.3 Å². The number of aryl methyl sites for hydroxylation is 2. The Morgan fingerprint density at radius 3 is 2.50 bits per heavy atom. The number of pyridine rings is 1. The Kier molecular flexibility index (Phi) is 4.27. The van der Waals surface area contributed by atoms with Crippen molar-refractivity contribution in [1.82, 2.24) is 9.88 Å². The fraction of sp³-hybridized carbons (Fsp3) is 0.462. The van der Waals surface area contributed by atoms with E-state index >= 15 is 0 Å². The number of hydrogen-bond donors (Lipinski definition) is 0. The lowest BCUT2D eigenvalue weighted by molar-refractivity contribution is -0.127. The first-order valence-electron chi connectivity index (χ1n) is 5.66. The van der Waals surface area contributed by atoms with Crippen LogP contribution >= 0.6 is 0 Å². The van der Waals surface area contributed by atoms with Gasteiger partial charge in [-0.15, -0.1) is 0 Å². The van der Waals surface area contributed by atoms with Crippen LogP contribution in [-0.2, 0) is 4.79 Å². The summed E-state index contributed by atoms with van der Waals surface area (Å²) >= 11 is 0. The molecule has 0 saturated carbocycles. The van der Waals surface area contributed by atoms with Gasteiger partial charge in [-0.25, -0.2) is 0 Å². The number of rotatable bonds is 3. The van der Waals surface area contributed by atoms with Crippen molar-refractivity contribution in [2.45, 2.75) is 13.8 Å². The van der Waals surface area contributed by atoms with Crippen molar-refractivity contribution in [3.63, 3.8) is 0 Å². The van der Waals surface area contributed by atoms with E-state index in [0.717, 1.165) is 11.4 Å². The average Bonchev–Trinajstić information content (AvgIpc) is 2.27. The SMILES string of the molecule is Cc1cc(N(C)CC(=O)N(C)C)c(C#N)c(C)n1. The number of carbonyl (C=O) groups excluding carboxylic acids is 1. The molecular formula is C13H18N4O. The fourth-order valence-electron chi connectivity index (χ4n) is 1.68. The minimum absolute atomic E-state index is 0.00601. The Bertz CT molecular complexity index is 502. The number of hydrogen-bond acceptors (Lipinski definition) is 4. The molecular weight excluding hydrogens is 228 g/mol. The van der Waals surface area contributed by atoms with Gasteiger partial charge in [0.1, 0.15) is 6.07 Å². The highest BCUT2D eigenvalue weighted by Gasteiger charge is 2.15. The molecule has 0 fully saturated rings. The van der Waals surface area contributed by atoms with Crippen molar-refractivity contribution in [2.75, 3.05) is 32.6 Å². The molecule has 0 aliphatic carbocycles. The average molecular weight is 246 g/mol. The van der Waals surface area contributed by atoms with Gasteiger partial charge in [-0.3, -0.25) is 9.78 Å². The van der Waals surface area contributed by atoms with E-state index in [1.165, 1.54) is 4.90 Å². The number of likely N-dealkylation sites (N-methyl/N-ethyl adjacent to an activating group) is 2. The molecule has 18 heavy (non-hydrogen) atoms. The second-order valence-corrected chi connectivity index (χ2v) is 4.50. The maximum atomic E-state index is 11.7. The van der Waals surface area contributed by atoms with E-state index in [1.54, 1.807) is 33.0 Å². The van der Waals surface area contributed by atoms with E-state index in [9.17, 15) is 10.1 Å². The lowest BCUT2D eigenvalue weighted by atomic mass is 10.1. The van der Waals surface area contributed by atoms with E-state index in [4.69, 9.17) is 0 Å². The van der Waals surface area contributed by atoms with Crippen LogP contribution in [0.2, 0.25) is 0 Å². The molecule has 0 unspecified atom stereocenters. The van der Waals surface area contributed by atoms with Crippen molar-refractivity contribution in [2.24, 2.45) is 0 Å². The monoisotopic (exact) mass is 246 g/mol. The Labute approximate surface area is 108 Å². The van der Waals surface area contributed by atoms with Gasteiger partial charge in [0.2, 0.25) is 5.91 Å². The number of carbonyl (C=O) groups is 1. The minimum atomic E-state index is -0.00601. The van der Waals surface area contributed by atoms with Gasteiger partial charge in [0.15, 0.2) is 0 Å². The molecule has 0 bridgehead atoms. The molecule has 5 heteroatoms. The van der Waals surface area contributed by atoms with Crippen LogP contribution in [0.4, 0.5) is 5.69 Å². The van der Waals surface area contributed by atoms with E-state index in [2.05, 4.69) is 11.1 Å². The fourth-order valence-corrected chi connectivity index (χ4v) is 1.68. The Balaban J connectivity index is 3.09. The zero-order valence-electron chi connectivity index (χ0n) is 11.5. The van der Waals surface area contributed by atoms with Crippen LogP contribution in [0, 0.1) is 25.2 Å². The molecule has 0 aromatic carbocycles. The second-order valence-electron chi connectivity index (χ2n) is 4.50. The first-order chi connectivity index (χ1) is 8.36. The molecule has 1 aromatic heterocycles. The van der Waals surface area contributed by atoms with Gasteiger partial charge in [-0.2, -0.15) is 5.26 Å². The molecule has 0 N–H and O–H groups in total. The number of anilines is 1. The van der Waals surface area contributed by atoms with Crippen molar-refractivity contribution < 1.29 is 4.79 Å². The normalized spacial score (nSPS) is 9.78. The predicted octanol–water partition coefficient (Wildman–Crippen LogP) is 1.09. The summed E-state index contributed by atoms with van der Waals surface area (Å²) in [4.78, 5) is 19.3. The van der Waals surface area contributed by atoms with Crippen LogP contribution in [-0.4, -0.2) is 43.5 Å². The predicted molar refractivity (Wildman–Crippen MR) is 70.4 cm³/mol. The van der Waals surface area contributed by atoms with Gasteiger partial charge in [0, 0.05) is 26.8 Å². The van der Waals surface area contributed by atoms with E-state index in [-0.39, 0.29) is 12.5 Å². The van der Waals surface area contributed by atoms with Crippen LogP contribution in [0.5, 0.6) is 0 Å². The Morgan fingerprint density at radius 2 is 2.00 bits per heavy atom. The van der Waals surface area contributed by atoms with Crippen LogP contribution in [0.1, 0.15) is 17.0 Å². The standard InChI is InChI=1S/C13H18N4O/c1-9-6-12(11(7-14)10(2)15-9)17(5)8-13(18)16(3)4/h6H,8H2,1-5H3. The summed E-state index contributed by atoms with van der Waals surface area (Å²) in [6.45, 7) is 3.92. The van der Waals surface area contributed by atoms with E-state index in [1.807, 2.05) is 13.0 Å².